The number of hydrogen-bond donors (Lipinski definition) is 1. The lowest BCUT2D eigenvalue weighted by atomic mass is 10.0. The Labute approximate surface area is 243 Å². The fourth-order valence-electron chi connectivity index (χ4n) is 5.19. The minimum Gasteiger partial charge on any atom is -0.323 e. The summed E-state index contributed by atoms with van der Waals surface area (Å²) in [7, 11) is 0. The summed E-state index contributed by atoms with van der Waals surface area (Å²) in [6.45, 7) is 0. The number of nitrogens with zero attached hydrogens (tertiary/aromatic N) is 3. The predicted octanol–water partition coefficient (Wildman–Crippen LogP) is 9.58. The number of hydrogen-bond acceptors (Lipinski definition) is 2. The van der Waals surface area contributed by atoms with E-state index in [0.29, 0.717) is 16.8 Å². The number of benzene rings is 5. The number of rotatable bonds is 6. The van der Waals surface area contributed by atoms with Crippen molar-refractivity contribution in [1.82, 2.24) is 19.5 Å². The highest BCUT2D eigenvalue weighted by Gasteiger charge is 2.26. The van der Waals surface area contributed by atoms with Crippen LogP contribution in [0.2, 0.25) is 5.02 Å². The van der Waals surface area contributed by atoms with E-state index in [0.717, 1.165) is 50.6 Å². The lowest BCUT2D eigenvalue weighted by Gasteiger charge is -2.12. The first-order chi connectivity index (χ1) is 20.3. The molecule has 0 atom stereocenters. The van der Waals surface area contributed by atoms with Crippen LogP contribution in [-0.4, -0.2) is 19.5 Å². The SMILES string of the molecule is Clc1ccccc1-c1nc(-c2ccccc2)c(-c2ccccc2)n1-c1nc(-c2ccccc2)c(-c2ccccc2)[nH]1. The van der Waals surface area contributed by atoms with Gasteiger partial charge in [-0.3, -0.25) is 4.57 Å². The van der Waals surface area contributed by atoms with Gasteiger partial charge in [-0.05, 0) is 12.1 Å². The summed E-state index contributed by atoms with van der Waals surface area (Å²) >= 11 is 6.82. The van der Waals surface area contributed by atoms with E-state index in [4.69, 9.17) is 21.6 Å². The maximum Gasteiger partial charge on any atom is 0.214 e. The van der Waals surface area contributed by atoms with Crippen molar-refractivity contribution in [1.29, 1.82) is 0 Å². The van der Waals surface area contributed by atoms with Crippen LogP contribution in [0.4, 0.5) is 0 Å². The molecule has 4 nitrogen and oxygen atoms in total. The summed E-state index contributed by atoms with van der Waals surface area (Å²) in [6, 6.07) is 49.0. The summed E-state index contributed by atoms with van der Waals surface area (Å²) in [5.74, 6) is 1.37. The van der Waals surface area contributed by atoms with Gasteiger partial charge in [0.25, 0.3) is 0 Å². The zero-order valence-corrected chi connectivity index (χ0v) is 22.8. The molecule has 0 aliphatic heterocycles. The first kappa shape index (κ1) is 24.8. The number of aromatic nitrogens is 4. The van der Waals surface area contributed by atoms with E-state index in [1.54, 1.807) is 0 Å². The maximum absolute atomic E-state index is 6.82. The molecule has 5 heteroatoms. The Morgan fingerprint density at radius 2 is 0.976 bits per heavy atom. The van der Waals surface area contributed by atoms with Gasteiger partial charge in [0.2, 0.25) is 5.95 Å². The second kappa shape index (κ2) is 10.8. The van der Waals surface area contributed by atoms with Crippen LogP contribution in [0.25, 0.3) is 62.4 Å². The normalized spacial score (nSPS) is 11.0. The third-order valence-corrected chi connectivity index (χ3v) is 7.43. The minimum absolute atomic E-state index is 0.621. The molecule has 0 saturated heterocycles. The van der Waals surface area contributed by atoms with Gasteiger partial charge >= 0.3 is 0 Å². The Morgan fingerprint density at radius 1 is 0.488 bits per heavy atom. The van der Waals surface area contributed by atoms with Crippen molar-refractivity contribution in [2.45, 2.75) is 0 Å². The van der Waals surface area contributed by atoms with Gasteiger partial charge in [0, 0.05) is 27.8 Å². The number of halogens is 1. The zero-order valence-electron chi connectivity index (χ0n) is 22.1. The fraction of sp³-hybridized carbons (Fsp3) is 0. The van der Waals surface area contributed by atoms with Crippen molar-refractivity contribution in [2.24, 2.45) is 0 Å². The van der Waals surface area contributed by atoms with Gasteiger partial charge in [-0.1, -0.05) is 145 Å². The highest BCUT2D eigenvalue weighted by molar-refractivity contribution is 6.33. The fourth-order valence-corrected chi connectivity index (χ4v) is 5.41. The summed E-state index contributed by atoms with van der Waals surface area (Å²) in [4.78, 5) is 14.2. The monoisotopic (exact) mass is 548 g/mol. The predicted molar refractivity (Wildman–Crippen MR) is 168 cm³/mol. The molecule has 196 valence electrons. The molecule has 2 heterocycles. The molecule has 41 heavy (non-hydrogen) atoms. The van der Waals surface area contributed by atoms with Gasteiger partial charge in [0.1, 0.15) is 5.82 Å². The largest absolute Gasteiger partial charge is 0.323 e. The summed E-state index contributed by atoms with van der Waals surface area (Å²) < 4.78 is 2.11. The Hall–Kier alpha value is -5.19. The molecule has 0 saturated carbocycles. The summed E-state index contributed by atoms with van der Waals surface area (Å²) in [6.07, 6.45) is 0. The Bertz CT molecular complexity index is 1870. The molecule has 5 aromatic carbocycles. The van der Waals surface area contributed by atoms with Crippen LogP contribution < -0.4 is 0 Å². The standard InChI is InChI=1S/C36H25ClN4/c37-30-24-14-13-23-29(30)35-38-33(27-19-9-3-10-20-27)34(28-21-11-4-12-22-28)41(35)36-39-31(25-15-5-1-6-16-25)32(40-36)26-17-7-2-8-18-26/h1-24H,(H,39,40). The molecule has 0 radical (unpaired) electrons. The van der Waals surface area contributed by atoms with Gasteiger partial charge in [-0.25, -0.2) is 9.97 Å². The molecule has 0 aliphatic carbocycles. The molecule has 0 aliphatic rings. The lowest BCUT2D eigenvalue weighted by molar-refractivity contribution is 0.977. The maximum atomic E-state index is 6.82. The van der Waals surface area contributed by atoms with Gasteiger partial charge in [0.05, 0.1) is 27.8 Å². The van der Waals surface area contributed by atoms with E-state index in [1.165, 1.54) is 0 Å². The molecule has 1 N–H and O–H groups in total. The second-order valence-corrected chi connectivity index (χ2v) is 10.1. The first-order valence-corrected chi connectivity index (χ1v) is 13.9. The quantitative estimate of drug-likeness (QED) is 0.225. The van der Waals surface area contributed by atoms with Crippen molar-refractivity contribution in [3.8, 4) is 62.4 Å². The molecular weight excluding hydrogens is 524 g/mol. The van der Waals surface area contributed by atoms with E-state index in [9.17, 15) is 0 Å². The van der Waals surface area contributed by atoms with Crippen LogP contribution in [0.1, 0.15) is 0 Å². The summed E-state index contributed by atoms with van der Waals surface area (Å²) in [5.41, 5.74) is 8.52. The van der Waals surface area contributed by atoms with Crippen LogP contribution >= 0.6 is 11.6 Å². The van der Waals surface area contributed by atoms with Crippen molar-refractivity contribution < 1.29 is 0 Å². The third kappa shape index (κ3) is 4.65. The van der Waals surface area contributed by atoms with Crippen molar-refractivity contribution in [3.05, 3.63) is 151 Å². The van der Waals surface area contributed by atoms with Gasteiger partial charge in [0.15, 0.2) is 0 Å². The van der Waals surface area contributed by atoms with E-state index in [1.807, 2.05) is 97.1 Å². The van der Waals surface area contributed by atoms with Gasteiger partial charge in [-0.2, -0.15) is 0 Å². The molecule has 0 unspecified atom stereocenters. The average molecular weight is 549 g/mol. The lowest BCUT2D eigenvalue weighted by Crippen LogP contribution is -2.03. The van der Waals surface area contributed by atoms with E-state index < -0.39 is 0 Å². The van der Waals surface area contributed by atoms with Crippen LogP contribution in [0, 0.1) is 0 Å². The van der Waals surface area contributed by atoms with E-state index >= 15 is 0 Å². The Balaban J connectivity index is 1.59. The number of aromatic amines is 1. The molecule has 0 fully saturated rings. The third-order valence-electron chi connectivity index (χ3n) is 7.10. The Kier molecular flexibility index (Phi) is 6.51. The van der Waals surface area contributed by atoms with Crippen LogP contribution in [0.5, 0.6) is 0 Å². The topological polar surface area (TPSA) is 46.5 Å². The molecule has 0 spiro atoms. The smallest absolute Gasteiger partial charge is 0.214 e. The Morgan fingerprint density at radius 3 is 1.56 bits per heavy atom. The number of H-pyrrole nitrogens is 1. The van der Waals surface area contributed by atoms with E-state index in [2.05, 4.69) is 58.1 Å². The highest BCUT2D eigenvalue weighted by Crippen LogP contribution is 2.41. The average Bonchev–Trinajstić information content (AvgIpc) is 3.66. The van der Waals surface area contributed by atoms with Crippen LogP contribution in [0.3, 0.4) is 0 Å². The van der Waals surface area contributed by atoms with Crippen molar-refractivity contribution in [3.63, 3.8) is 0 Å². The van der Waals surface area contributed by atoms with Crippen molar-refractivity contribution in [2.75, 3.05) is 0 Å². The molecule has 2 aromatic heterocycles. The minimum atomic E-state index is 0.621. The zero-order chi connectivity index (χ0) is 27.6. The van der Waals surface area contributed by atoms with Crippen LogP contribution in [-0.2, 0) is 0 Å². The number of nitrogens with one attached hydrogen (secondary N) is 1. The first-order valence-electron chi connectivity index (χ1n) is 13.5. The molecule has 0 amide bonds. The highest BCUT2D eigenvalue weighted by atomic mass is 35.5. The van der Waals surface area contributed by atoms with E-state index in [-0.39, 0.29) is 0 Å². The molecular formula is C36H25ClN4. The van der Waals surface area contributed by atoms with Crippen molar-refractivity contribution >= 4 is 11.6 Å². The van der Waals surface area contributed by atoms with Crippen LogP contribution in [0.15, 0.2) is 146 Å². The summed E-state index contributed by atoms with van der Waals surface area (Å²) in [5, 5.41) is 0.621. The number of imidazole rings is 2. The van der Waals surface area contributed by atoms with Gasteiger partial charge < -0.3 is 4.98 Å². The van der Waals surface area contributed by atoms with Gasteiger partial charge in [-0.15, -0.1) is 0 Å². The molecule has 7 aromatic rings. The second-order valence-electron chi connectivity index (χ2n) is 9.70. The molecule has 7 rings (SSSR count). The molecule has 0 bridgehead atoms.